The van der Waals surface area contributed by atoms with Crippen molar-refractivity contribution in [2.24, 2.45) is 0 Å². The van der Waals surface area contributed by atoms with E-state index >= 15 is 0 Å². The van der Waals surface area contributed by atoms with Crippen LogP contribution in [0.1, 0.15) is 28.0 Å². The van der Waals surface area contributed by atoms with E-state index in [0.717, 1.165) is 30.0 Å². The molecule has 1 aliphatic rings. The first-order chi connectivity index (χ1) is 10.7. The molecule has 3 aromatic rings. The molecule has 0 bridgehead atoms. The van der Waals surface area contributed by atoms with Gasteiger partial charge < -0.3 is 5.32 Å². The molecule has 1 N–H and O–H groups in total. The van der Waals surface area contributed by atoms with Crippen LogP contribution in [0.2, 0.25) is 5.28 Å². The Morgan fingerprint density at radius 1 is 1.18 bits per heavy atom. The zero-order valence-corrected chi connectivity index (χ0v) is 13.9. The van der Waals surface area contributed by atoms with E-state index in [1.54, 1.807) is 11.3 Å². The van der Waals surface area contributed by atoms with E-state index in [0.29, 0.717) is 5.28 Å². The number of nitrogens with zero attached hydrogens (tertiary/aromatic N) is 2. The smallest absolute Gasteiger partial charge is 0.225 e. The monoisotopic (exact) mass is 329 g/mol. The van der Waals surface area contributed by atoms with Crippen molar-refractivity contribution in [3.05, 3.63) is 51.1 Å². The van der Waals surface area contributed by atoms with Crippen LogP contribution < -0.4 is 5.32 Å². The van der Waals surface area contributed by atoms with Crippen molar-refractivity contribution in [3.8, 4) is 0 Å². The molecule has 0 unspecified atom stereocenters. The first-order valence-corrected chi connectivity index (χ1v) is 8.67. The van der Waals surface area contributed by atoms with Crippen LogP contribution in [-0.2, 0) is 19.4 Å². The number of aromatic nitrogens is 2. The second-order valence-corrected chi connectivity index (χ2v) is 7.14. The van der Waals surface area contributed by atoms with Gasteiger partial charge in [0.05, 0.1) is 5.39 Å². The molecule has 0 saturated heterocycles. The Bertz CT molecular complexity index is 839. The van der Waals surface area contributed by atoms with E-state index in [4.69, 9.17) is 11.6 Å². The molecule has 0 amide bonds. The highest BCUT2D eigenvalue weighted by Crippen LogP contribution is 2.40. The highest BCUT2D eigenvalue weighted by molar-refractivity contribution is 7.19. The summed E-state index contributed by atoms with van der Waals surface area (Å²) in [6.45, 7) is 2.84. The van der Waals surface area contributed by atoms with Gasteiger partial charge in [-0.3, -0.25) is 0 Å². The third kappa shape index (κ3) is 2.46. The highest BCUT2D eigenvalue weighted by Gasteiger charge is 2.22. The molecule has 4 rings (SSSR count). The van der Waals surface area contributed by atoms with Crippen molar-refractivity contribution in [2.75, 3.05) is 5.32 Å². The van der Waals surface area contributed by atoms with Crippen molar-refractivity contribution in [3.63, 3.8) is 0 Å². The van der Waals surface area contributed by atoms with Gasteiger partial charge in [0.1, 0.15) is 10.6 Å². The zero-order chi connectivity index (χ0) is 15.1. The lowest BCUT2D eigenvalue weighted by atomic mass is 10.1. The minimum Gasteiger partial charge on any atom is -0.365 e. The molecular weight excluding hydrogens is 314 g/mol. The number of anilines is 1. The topological polar surface area (TPSA) is 37.8 Å². The Kier molecular flexibility index (Phi) is 3.51. The Morgan fingerprint density at radius 2 is 2.00 bits per heavy atom. The number of hydrogen-bond acceptors (Lipinski definition) is 4. The quantitative estimate of drug-likeness (QED) is 0.704. The second kappa shape index (κ2) is 5.52. The summed E-state index contributed by atoms with van der Waals surface area (Å²) in [5, 5.41) is 4.94. The number of halogens is 1. The number of fused-ring (bicyclic) bond motifs is 3. The molecule has 0 saturated carbocycles. The summed E-state index contributed by atoms with van der Waals surface area (Å²) in [5.74, 6) is 0.870. The molecule has 0 fully saturated rings. The number of hydrogen-bond donors (Lipinski definition) is 1. The number of nitrogens with one attached hydrogen (secondary N) is 1. The SMILES string of the molecule is Cc1ccc(CNc2nc(Cl)nc3sc4c(c23)CCC4)cc1. The van der Waals surface area contributed by atoms with Gasteiger partial charge >= 0.3 is 0 Å². The van der Waals surface area contributed by atoms with Crippen molar-refractivity contribution >= 4 is 39.0 Å². The zero-order valence-electron chi connectivity index (χ0n) is 12.3. The molecule has 3 nitrogen and oxygen atoms in total. The molecule has 1 aliphatic carbocycles. The van der Waals surface area contributed by atoms with E-state index in [9.17, 15) is 0 Å². The van der Waals surface area contributed by atoms with E-state index in [-0.39, 0.29) is 0 Å². The molecule has 22 heavy (non-hydrogen) atoms. The normalized spacial score (nSPS) is 13.5. The summed E-state index contributed by atoms with van der Waals surface area (Å²) in [5.41, 5.74) is 3.93. The van der Waals surface area contributed by atoms with Gasteiger partial charge in [-0.05, 0) is 48.9 Å². The van der Waals surface area contributed by atoms with Gasteiger partial charge in [-0.15, -0.1) is 11.3 Å². The minimum absolute atomic E-state index is 0.318. The molecule has 5 heteroatoms. The van der Waals surface area contributed by atoms with Crippen LogP contribution in [-0.4, -0.2) is 9.97 Å². The summed E-state index contributed by atoms with van der Waals surface area (Å²) in [6.07, 6.45) is 3.52. The summed E-state index contributed by atoms with van der Waals surface area (Å²) in [4.78, 5) is 11.3. The summed E-state index contributed by atoms with van der Waals surface area (Å²) < 4.78 is 0. The van der Waals surface area contributed by atoms with Gasteiger partial charge in [0.25, 0.3) is 0 Å². The van der Waals surface area contributed by atoms with Crippen LogP contribution in [0, 0.1) is 6.92 Å². The lowest BCUT2D eigenvalue weighted by molar-refractivity contribution is 0.917. The van der Waals surface area contributed by atoms with Crippen molar-refractivity contribution in [2.45, 2.75) is 32.7 Å². The third-order valence-electron chi connectivity index (χ3n) is 4.12. The van der Waals surface area contributed by atoms with Gasteiger partial charge in [0.2, 0.25) is 5.28 Å². The van der Waals surface area contributed by atoms with Crippen molar-refractivity contribution < 1.29 is 0 Å². The molecule has 0 spiro atoms. The van der Waals surface area contributed by atoms with Crippen LogP contribution in [0.4, 0.5) is 5.82 Å². The van der Waals surface area contributed by atoms with Crippen molar-refractivity contribution in [1.29, 1.82) is 0 Å². The molecule has 0 aliphatic heterocycles. The molecule has 2 heterocycles. The van der Waals surface area contributed by atoms with E-state index in [1.807, 2.05) is 0 Å². The molecule has 1 aromatic carbocycles. The van der Waals surface area contributed by atoms with Crippen LogP contribution >= 0.6 is 22.9 Å². The predicted octanol–water partition coefficient (Wildman–Crippen LogP) is 4.75. The molecule has 2 aromatic heterocycles. The van der Waals surface area contributed by atoms with Gasteiger partial charge in [-0.1, -0.05) is 29.8 Å². The largest absolute Gasteiger partial charge is 0.365 e. The van der Waals surface area contributed by atoms with Crippen LogP contribution in [0.5, 0.6) is 0 Å². The van der Waals surface area contributed by atoms with Gasteiger partial charge in [0, 0.05) is 11.4 Å². The maximum Gasteiger partial charge on any atom is 0.225 e. The van der Waals surface area contributed by atoms with Crippen LogP contribution in [0.25, 0.3) is 10.2 Å². The summed E-state index contributed by atoms with van der Waals surface area (Å²) in [6, 6.07) is 8.53. The Balaban J connectivity index is 1.70. The summed E-state index contributed by atoms with van der Waals surface area (Å²) >= 11 is 7.86. The lowest BCUT2D eigenvalue weighted by Crippen LogP contribution is -2.03. The standard InChI is InChI=1S/C17H16ClN3S/c1-10-5-7-11(8-6-10)9-19-15-14-12-3-2-4-13(12)22-16(14)21-17(18)20-15/h5-8H,2-4,9H2,1H3,(H,19,20,21). The van der Waals surface area contributed by atoms with Gasteiger partial charge in [0.15, 0.2) is 0 Å². The van der Waals surface area contributed by atoms with Crippen LogP contribution in [0.15, 0.2) is 24.3 Å². The number of benzene rings is 1. The molecule has 0 atom stereocenters. The molecular formula is C17H16ClN3S. The fourth-order valence-corrected chi connectivity index (χ4v) is 4.47. The first kappa shape index (κ1) is 14.0. The maximum atomic E-state index is 6.09. The van der Waals surface area contributed by atoms with Gasteiger partial charge in [-0.2, -0.15) is 0 Å². The van der Waals surface area contributed by atoms with Gasteiger partial charge in [-0.25, -0.2) is 9.97 Å². The van der Waals surface area contributed by atoms with E-state index in [2.05, 4.69) is 46.5 Å². The second-order valence-electron chi connectivity index (χ2n) is 5.72. The molecule has 0 radical (unpaired) electrons. The summed E-state index contributed by atoms with van der Waals surface area (Å²) in [7, 11) is 0. The highest BCUT2D eigenvalue weighted by atomic mass is 35.5. The minimum atomic E-state index is 0.318. The lowest BCUT2D eigenvalue weighted by Gasteiger charge is -2.09. The third-order valence-corrected chi connectivity index (χ3v) is 5.47. The van der Waals surface area contributed by atoms with E-state index < -0.39 is 0 Å². The number of rotatable bonds is 3. The fraction of sp³-hybridized carbons (Fsp3) is 0.294. The Hall–Kier alpha value is -1.65. The maximum absolute atomic E-state index is 6.09. The predicted molar refractivity (Wildman–Crippen MR) is 93.0 cm³/mol. The number of thiophene rings is 1. The molecule has 112 valence electrons. The first-order valence-electron chi connectivity index (χ1n) is 7.48. The van der Waals surface area contributed by atoms with E-state index in [1.165, 1.54) is 33.4 Å². The Morgan fingerprint density at radius 3 is 2.82 bits per heavy atom. The average molecular weight is 330 g/mol. The Labute approximate surface area is 138 Å². The fourth-order valence-electron chi connectivity index (χ4n) is 2.99. The average Bonchev–Trinajstić information content (AvgIpc) is 3.06. The van der Waals surface area contributed by atoms with Crippen molar-refractivity contribution in [1.82, 2.24) is 9.97 Å². The van der Waals surface area contributed by atoms with Crippen LogP contribution in [0.3, 0.4) is 0 Å². The number of aryl methyl sites for hydroxylation is 3.